The van der Waals surface area contributed by atoms with Gasteiger partial charge in [-0.2, -0.15) is 0 Å². The molecule has 0 radical (unpaired) electrons. The molecule has 0 bridgehead atoms. The molecule has 8 rings (SSSR count). The molecular weight excluding hydrogens is 1550 g/mol. The summed E-state index contributed by atoms with van der Waals surface area (Å²) in [6.07, 6.45) is 57.9. The van der Waals surface area contributed by atoms with E-state index < -0.39 is 26.8 Å². The summed E-state index contributed by atoms with van der Waals surface area (Å²) < 4.78 is 51.0. The maximum atomic E-state index is 15.8. The summed E-state index contributed by atoms with van der Waals surface area (Å²) in [5.74, 6) is 3.66. The number of ether oxygens (including phenoxy) is 8. The van der Waals surface area contributed by atoms with Gasteiger partial charge in [-0.15, -0.1) is 0 Å². The van der Waals surface area contributed by atoms with Crippen LogP contribution in [0.25, 0.3) is 0 Å². The number of methoxy groups -OCH3 is 2. The Balaban J connectivity index is 1.16. The van der Waals surface area contributed by atoms with E-state index in [1.807, 2.05) is 146 Å². The normalized spacial score (nSPS) is 11.5. The summed E-state index contributed by atoms with van der Waals surface area (Å²) in [7, 11) is 3.20. The molecule has 0 saturated carbocycles. The predicted octanol–water partition coefficient (Wildman–Crippen LogP) is 32.2. The van der Waals surface area contributed by atoms with Crippen LogP contribution < -0.4 is 37.9 Å². The summed E-state index contributed by atoms with van der Waals surface area (Å²) >= 11 is 0. The lowest BCUT2D eigenvalue weighted by Crippen LogP contribution is -2.33. The van der Waals surface area contributed by atoms with E-state index in [9.17, 15) is 20.2 Å². The van der Waals surface area contributed by atoms with Gasteiger partial charge in [-0.1, -0.05) is 383 Å². The maximum absolute atomic E-state index is 15.8. The SMILES string of the molecule is CCCCCCCCCCCCCCOc1ccc(C(c2ccc(OC)cc2)(c2ccc(OCCCCCCCCCCCCCC)cc2)c2cc([N+](=O)[O-])ccc2OC(=O)Oc2ccc([N+](=O)[O-])cc2C(c2ccc(OC)cc2)(c2ccc(OCCCCCCCCCCCCCC)cc2)c2ccc(OCCCCCCCCCCCCCC)cc2)cc1. The summed E-state index contributed by atoms with van der Waals surface area (Å²) in [6.45, 7) is 11.2. The summed E-state index contributed by atoms with van der Waals surface area (Å²) in [4.78, 5) is 41.8. The van der Waals surface area contributed by atoms with E-state index in [0.29, 0.717) is 94.3 Å². The Bertz CT molecular complexity index is 3770. The van der Waals surface area contributed by atoms with Gasteiger partial charge in [-0.25, -0.2) is 4.79 Å². The van der Waals surface area contributed by atoms with Crippen LogP contribution in [-0.2, 0) is 10.8 Å². The molecule has 0 aliphatic heterocycles. The molecule has 0 heterocycles. The van der Waals surface area contributed by atoms with Crippen molar-refractivity contribution in [2.75, 3.05) is 40.6 Å². The van der Waals surface area contributed by atoms with E-state index in [0.717, 1.165) is 77.0 Å². The van der Waals surface area contributed by atoms with Crippen molar-refractivity contribution in [1.29, 1.82) is 0 Å². The van der Waals surface area contributed by atoms with Crippen LogP contribution in [0, 0.1) is 20.2 Å². The van der Waals surface area contributed by atoms with Crippen LogP contribution in [0.15, 0.2) is 182 Å². The predicted molar refractivity (Wildman–Crippen MR) is 509 cm³/mol. The molecule has 0 aliphatic carbocycles. The fourth-order valence-corrected chi connectivity index (χ4v) is 17.6. The first-order valence-electron chi connectivity index (χ1n) is 48.6. The second-order valence-corrected chi connectivity index (χ2v) is 34.3. The second-order valence-electron chi connectivity index (χ2n) is 34.3. The third-order valence-corrected chi connectivity index (χ3v) is 24.8. The first kappa shape index (κ1) is 100. The summed E-state index contributed by atoms with van der Waals surface area (Å²) in [6, 6.07) is 54.8. The molecule has 0 unspecified atom stereocenters. The Labute approximate surface area is 745 Å². The van der Waals surface area contributed by atoms with Gasteiger partial charge < -0.3 is 37.9 Å². The highest BCUT2D eigenvalue weighted by molar-refractivity contribution is 5.75. The zero-order valence-corrected chi connectivity index (χ0v) is 76.8. The van der Waals surface area contributed by atoms with Gasteiger partial charge in [-0.05, 0) is 144 Å². The first-order chi connectivity index (χ1) is 60.9. The fraction of sp³-hybridized carbons (Fsp3) is 0.550. The molecule has 0 atom stereocenters. The van der Waals surface area contributed by atoms with Crippen LogP contribution >= 0.6 is 0 Å². The number of benzene rings is 8. The van der Waals surface area contributed by atoms with E-state index in [2.05, 4.69) is 27.7 Å². The van der Waals surface area contributed by atoms with Crippen LogP contribution in [0.1, 0.15) is 380 Å². The minimum atomic E-state index is -1.50. The zero-order chi connectivity index (χ0) is 87.8. The van der Waals surface area contributed by atoms with E-state index in [4.69, 9.17) is 37.9 Å². The largest absolute Gasteiger partial charge is 0.519 e. The molecule has 0 fully saturated rings. The molecule has 0 N–H and O–H groups in total. The third-order valence-electron chi connectivity index (χ3n) is 24.8. The highest BCUT2D eigenvalue weighted by Gasteiger charge is 2.45. The number of hydrogen-bond donors (Lipinski definition) is 0. The molecular formula is C109H152N2O13. The standard InChI is InChI=1S/C109H152N2O13/c1-7-11-15-19-23-27-31-35-39-43-47-51-83-119-99-73-59-91(60-74-99)108(89-55-69-97(117-5)70-56-89,92-61-75-100(76-62-92)120-84-52-48-44-40-36-32-28-24-20-16-12-8-2)103-87-95(110(113)114)67-81-105(103)123-107(112)124-106-82-68-96(111(115)116)88-104(106)109(90-57-71-98(118-6)72-58-90,93-63-77-101(78-64-93)121-85-53-49-45-41-37-33-29-25-21-17-13-9-3)94-65-79-102(80-66-94)122-86-54-50-46-42-38-34-30-26-22-18-14-10-4/h55-82,87-88H,7-54,83-86H2,1-6H3. The number of carbonyl (C=O) groups excluding carboxylic acids is 1. The van der Waals surface area contributed by atoms with E-state index >= 15 is 4.79 Å². The monoisotopic (exact) mass is 1700 g/mol. The molecule has 124 heavy (non-hydrogen) atoms. The lowest BCUT2D eigenvalue weighted by molar-refractivity contribution is -0.385. The number of rotatable bonds is 70. The van der Waals surface area contributed by atoms with Crippen molar-refractivity contribution in [3.63, 3.8) is 0 Å². The molecule has 0 aromatic heterocycles. The van der Waals surface area contributed by atoms with Gasteiger partial charge in [0, 0.05) is 35.4 Å². The molecule has 676 valence electrons. The van der Waals surface area contributed by atoms with Crippen molar-refractivity contribution in [1.82, 2.24) is 0 Å². The lowest BCUT2D eigenvalue weighted by Gasteiger charge is -2.38. The van der Waals surface area contributed by atoms with Gasteiger partial charge in [0.2, 0.25) is 0 Å². The first-order valence-corrected chi connectivity index (χ1v) is 48.6. The van der Waals surface area contributed by atoms with Gasteiger partial charge in [0.05, 0.1) is 61.3 Å². The average molecular weight is 1700 g/mol. The molecule has 0 spiro atoms. The van der Waals surface area contributed by atoms with Gasteiger partial charge in [0.15, 0.2) is 0 Å². The average Bonchev–Trinajstić information content (AvgIpc) is 0.727. The Morgan fingerprint density at radius 1 is 0.250 bits per heavy atom. The topological polar surface area (TPSA) is 177 Å². The van der Waals surface area contributed by atoms with E-state index in [1.165, 1.54) is 268 Å². The number of unbranched alkanes of at least 4 members (excludes halogenated alkanes) is 44. The van der Waals surface area contributed by atoms with Crippen LogP contribution in [0.3, 0.4) is 0 Å². The van der Waals surface area contributed by atoms with Crippen molar-refractivity contribution in [3.8, 4) is 46.0 Å². The van der Waals surface area contributed by atoms with Crippen molar-refractivity contribution in [3.05, 3.63) is 247 Å². The molecule has 0 saturated heterocycles. The van der Waals surface area contributed by atoms with Gasteiger partial charge in [0.25, 0.3) is 11.4 Å². The summed E-state index contributed by atoms with van der Waals surface area (Å²) in [5, 5.41) is 26.9. The van der Waals surface area contributed by atoms with Crippen molar-refractivity contribution < 1.29 is 52.5 Å². The van der Waals surface area contributed by atoms with Crippen LogP contribution in [0.5, 0.6) is 46.0 Å². The highest BCUT2D eigenvalue weighted by Crippen LogP contribution is 2.53. The third kappa shape index (κ3) is 33.5. The van der Waals surface area contributed by atoms with Gasteiger partial charge >= 0.3 is 6.16 Å². The lowest BCUT2D eigenvalue weighted by atomic mass is 9.64. The second kappa shape index (κ2) is 59.5. The number of non-ortho nitro benzene ring substituents is 2. The van der Waals surface area contributed by atoms with Crippen molar-refractivity contribution in [2.45, 2.75) is 347 Å². The van der Waals surface area contributed by atoms with Crippen LogP contribution in [0.2, 0.25) is 0 Å². The molecule has 0 amide bonds. The van der Waals surface area contributed by atoms with Crippen LogP contribution in [-0.4, -0.2) is 56.6 Å². The summed E-state index contributed by atoms with van der Waals surface area (Å²) in [5.41, 5.74) is 0.943. The minimum Gasteiger partial charge on any atom is -0.497 e. The van der Waals surface area contributed by atoms with Gasteiger partial charge in [-0.3, -0.25) is 20.2 Å². The van der Waals surface area contributed by atoms with E-state index in [1.54, 1.807) is 14.2 Å². The quantitative estimate of drug-likeness (QED) is 0.00879. The Hall–Kier alpha value is -9.37. The minimum absolute atomic E-state index is 0.0610. The maximum Gasteiger partial charge on any atom is 0.519 e. The number of nitrogens with zero attached hydrogens (tertiary/aromatic N) is 2. The Morgan fingerprint density at radius 2 is 0.427 bits per heavy atom. The van der Waals surface area contributed by atoms with E-state index in [-0.39, 0.29) is 34.0 Å². The smallest absolute Gasteiger partial charge is 0.497 e. The zero-order valence-electron chi connectivity index (χ0n) is 76.8. The number of carbonyl (C=O) groups is 1. The Kier molecular flexibility index (Phi) is 48.0. The fourth-order valence-electron chi connectivity index (χ4n) is 17.6. The van der Waals surface area contributed by atoms with Crippen LogP contribution in [0.4, 0.5) is 16.2 Å². The molecule has 8 aromatic carbocycles. The molecule has 8 aromatic rings. The number of nitro groups is 2. The van der Waals surface area contributed by atoms with Crippen molar-refractivity contribution in [2.24, 2.45) is 0 Å². The number of hydrogen-bond acceptors (Lipinski definition) is 13. The van der Waals surface area contributed by atoms with Gasteiger partial charge in [0.1, 0.15) is 46.0 Å². The Morgan fingerprint density at radius 3 is 0.605 bits per heavy atom. The number of nitro benzene ring substituents is 2. The highest BCUT2D eigenvalue weighted by atomic mass is 16.7. The molecule has 15 nitrogen and oxygen atoms in total. The molecule has 0 aliphatic rings. The molecule has 15 heteroatoms. The van der Waals surface area contributed by atoms with Crippen molar-refractivity contribution >= 4 is 17.5 Å².